The van der Waals surface area contributed by atoms with Crippen molar-refractivity contribution < 1.29 is 14.6 Å². The van der Waals surface area contributed by atoms with Crippen LogP contribution in [0.25, 0.3) is 4.85 Å². The van der Waals surface area contributed by atoms with Gasteiger partial charge < -0.3 is 9.84 Å². The lowest BCUT2D eigenvalue weighted by atomic mass is 10.1. The van der Waals surface area contributed by atoms with Crippen LogP contribution in [0.5, 0.6) is 0 Å². The molecule has 1 N–H and O–H groups in total. The molecule has 1 unspecified atom stereocenters. The number of benzene rings is 1. The van der Waals surface area contributed by atoms with Gasteiger partial charge in [0.1, 0.15) is 0 Å². The van der Waals surface area contributed by atoms with Crippen molar-refractivity contribution in [2.24, 2.45) is 0 Å². The van der Waals surface area contributed by atoms with Crippen LogP contribution in [-0.2, 0) is 9.53 Å². The van der Waals surface area contributed by atoms with Gasteiger partial charge in [0.15, 0.2) is 11.8 Å². The van der Waals surface area contributed by atoms with Gasteiger partial charge in [-0.05, 0) is 12.5 Å². The molecule has 15 heavy (non-hydrogen) atoms. The molecule has 1 rings (SSSR count). The molecule has 4 heteroatoms. The maximum absolute atomic E-state index is 11.2. The average molecular weight is 205 g/mol. The summed E-state index contributed by atoms with van der Waals surface area (Å²) in [5, 5.41) is 9.53. The number of carbonyl (C=O) groups is 1. The van der Waals surface area contributed by atoms with Gasteiger partial charge in [0.25, 0.3) is 0 Å². The number of aliphatic hydroxyl groups is 1. The molecule has 0 bridgehead atoms. The minimum atomic E-state index is -1.27. The number of hydrogen-bond donors (Lipinski definition) is 1. The standard InChI is InChI=1S/C11H11NO3/c1-3-15-11(14)10(13)8-4-6-9(12-2)7-5-8/h4-7,10,13H,3H2,1H3. The summed E-state index contributed by atoms with van der Waals surface area (Å²) < 4.78 is 4.67. The van der Waals surface area contributed by atoms with Crippen LogP contribution in [0.1, 0.15) is 18.6 Å². The quantitative estimate of drug-likeness (QED) is 0.605. The second-order valence-electron chi connectivity index (χ2n) is 2.86. The smallest absolute Gasteiger partial charge is 0.339 e. The molecule has 0 spiro atoms. The average Bonchev–Trinajstić information content (AvgIpc) is 2.28. The summed E-state index contributed by atoms with van der Waals surface area (Å²) >= 11 is 0. The Morgan fingerprint density at radius 2 is 2.13 bits per heavy atom. The first kappa shape index (κ1) is 11.2. The third-order valence-electron chi connectivity index (χ3n) is 1.85. The Morgan fingerprint density at radius 1 is 1.53 bits per heavy atom. The van der Waals surface area contributed by atoms with Crippen LogP contribution in [0, 0.1) is 6.57 Å². The zero-order valence-corrected chi connectivity index (χ0v) is 8.30. The molecular weight excluding hydrogens is 194 g/mol. The van der Waals surface area contributed by atoms with Crippen LogP contribution in [-0.4, -0.2) is 17.7 Å². The van der Waals surface area contributed by atoms with E-state index in [4.69, 9.17) is 6.57 Å². The molecule has 1 aromatic rings. The van der Waals surface area contributed by atoms with E-state index < -0.39 is 12.1 Å². The first-order chi connectivity index (χ1) is 7.19. The molecule has 0 amide bonds. The van der Waals surface area contributed by atoms with Gasteiger partial charge in [-0.15, -0.1) is 0 Å². The fourth-order valence-electron chi connectivity index (χ4n) is 1.09. The highest BCUT2D eigenvalue weighted by atomic mass is 16.5. The SMILES string of the molecule is [C-]#[N+]c1ccc(C(O)C(=O)OCC)cc1. The van der Waals surface area contributed by atoms with Gasteiger partial charge in [0.05, 0.1) is 13.2 Å². The fraction of sp³-hybridized carbons (Fsp3) is 0.273. The monoisotopic (exact) mass is 205 g/mol. The van der Waals surface area contributed by atoms with Crippen LogP contribution in [0.15, 0.2) is 24.3 Å². The van der Waals surface area contributed by atoms with Gasteiger partial charge >= 0.3 is 5.97 Å². The zero-order valence-electron chi connectivity index (χ0n) is 8.30. The number of rotatable bonds is 3. The van der Waals surface area contributed by atoms with Gasteiger partial charge in [-0.1, -0.05) is 24.3 Å². The summed E-state index contributed by atoms with van der Waals surface area (Å²) in [6.45, 7) is 8.65. The third-order valence-corrected chi connectivity index (χ3v) is 1.85. The molecule has 0 heterocycles. The van der Waals surface area contributed by atoms with Crippen molar-refractivity contribution in [2.45, 2.75) is 13.0 Å². The Kier molecular flexibility index (Phi) is 3.83. The molecule has 78 valence electrons. The van der Waals surface area contributed by atoms with Crippen molar-refractivity contribution in [3.8, 4) is 0 Å². The lowest BCUT2D eigenvalue weighted by molar-refractivity contribution is -0.153. The Morgan fingerprint density at radius 3 is 2.60 bits per heavy atom. The van der Waals surface area contributed by atoms with Crippen molar-refractivity contribution in [1.29, 1.82) is 0 Å². The molecule has 0 radical (unpaired) electrons. The van der Waals surface area contributed by atoms with E-state index in [1.54, 1.807) is 19.1 Å². The largest absolute Gasteiger partial charge is 0.464 e. The highest BCUT2D eigenvalue weighted by Crippen LogP contribution is 2.18. The molecule has 1 aromatic carbocycles. The molecule has 0 aliphatic heterocycles. The van der Waals surface area contributed by atoms with E-state index >= 15 is 0 Å². The second kappa shape index (κ2) is 5.13. The van der Waals surface area contributed by atoms with E-state index in [9.17, 15) is 9.90 Å². The number of ether oxygens (including phenoxy) is 1. The number of nitrogens with zero attached hydrogens (tertiary/aromatic N) is 1. The predicted octanol–water partition coefficient (Wildman–Crippen LogP) is 1.83. The zero-order chi connectivity index (χ0) is 11.3. The Labute approximate surface area is 87.9 Å². The predicted molar refractivity (Wildman–Crippen MR) is 54.3 cm³/mol. The Balaban J connectivity index is 2.79. The van der Waals surface area contributed by atoms with Crippen molar-refractivity contribution in [3.63, 3.8) is 0 Å². The molecule has 0 saturated carbocycles. The first-order valence-corrected chi connectivity index (χ1v) is 4.51. The van der Waals surface area contributed by atoms with Gasteiger partial charge in [0, 0.05) is 0 Å². The van der Waals surface area contributed by atoms with Crippen molar-refractivity contribution in [2.75, 3.05) is 6.61 Å². The summed E-state index contributed by atoms with van der Waals surface area (Å²) in [5.74, 6) is -0.673. The van der Waals surface area contributed by atoms with Gasteiger partial charge in [-0.3, -0.25) is 0 Å². The summed E-state index contributed by atoms with van der Waals surface area (Å²) in [7, 11) is 0. The van der Waals surface area contributed by atoms with E-state index in [0.717, 1.165) is 0 Å². The highest BCUT2D eigenvalue weighted by Gasteiger charge is 2.17. The molecule has 0 saturated heterocycles. The summed E-state index contributed by atoms with van der Waals surface area (Å²) in [6.07, 6.45) is -1.27. The van der Waals surface area contributed by atoms with E-state index in [1.807, 2.05) is 0 Å². The maximum atomic E-state index is 11.2. The normalized spacial score (nSPS) is 11.5. The van der Waals surface area contributed by atoms with Crippen LogP contribution in [0.2, 0.25) is 0 Å². The second-order valence-corrected chi connectivity index (χ2v) is 2.86. The van der Waals surface area contributed by atoms with Gasteiger partial charge in [-0.25, -0.2) is 9.64 Å². The van der Waals surface area contributed by atoms with E-state index in [2.05, 4.69) is 9.58 Å². The minimum Gasteiger partial charge on any atom is -0.464 e. The van der Waals surface area contributed by atoms with Gasteiger partial charge in [0.2, 0.25) is 0 Å². The van der Waals surface area contributed by atoms with Crippen LogP contribution < -0.4 is 0 Å². The number of carbonyl (C=O) groups excluding carboxylic acids is 1. The third kappa shape index (κ3) is 2.79. The Bertz CT molecular complexity index is 378. The number of hydrogen-bond acceptors (Lipinski definition) is 3. The first-order valence-electron chi connectivity index (χ1n) is 4.51. The molecule has 1 atom stereocenters. The van der Waals surface area contributed by atoms with Crippen molar-refractivity contribution in [3.05, 3.63) is 41.2 Å². The summed E-state index contributed by atoms with van der Waals surface area (Å²) in [5.41, 5.74) is 0.899. The van der Waals surface area contributed by atoms with Crippen molar-refractivity contribution >= 4 is 11.7 Å². The Hall–Kier alpha value is -1.86. The topological polar surface area (TPSA) is 50.9 Å². The molecule has 0 aliphatic rings. The summed E-state index contributed by atoms with van der Waals surface area (Å²) in [6, 6.07) is 6.17. The van der Waals surface area contributed by atoms with Crippen LogP contribution in [0.3, 0.4) is 0 Å². The van der Waals surface area contributed by atoms with E-state index in [-0.39, 0.29) is 6.61 Å². The molecule has 0 fully saturated rings. The number of esters is 1. The maximum Gasteiger partial charge on any atom is 0.339 e. The number of aliphatic hydroxyl groups excluding tert-OH is 1. The molecular formula is C11H11NO3. The van der Waals surface area contributed by atoms with Crippen molar-refractivity contribution in [1.82, 2.24) is 0 Å². The highest BCUT2D eigenvalue weighted by molar-refractivity contribution is 5.76. The van der Waals surface area contributed by atoms with Crippen LogP contribution >= 0.6 is 0 Å². The minimum absolute atomic E-state index is 0.232. The van der Waals surface area contributed by atoms with E-state index in [1.165, 1.54) is 12.1 Å². The molecule has 0 aromatic heterocycles. The van der Waals surface area contributed by atoms with Gasteiger partial charge in [-0.2, -0.15) is 0 Å². The lowest BCUT2D eigenvalue weighted by Crippen LogP contribution is -2.15. The molecule has 0 aliphatic carbocycles. The summed E-state index contributed by atoms with van der Waals surface area (Å²) in [4.78, 5) is 14.4. The van der Waals surface area contributed by atoms with Crippen LogP contribution in [0.4, 0.5) is 5.69 Å². The van der Waals surface area contributed by atoms with E-state index in [0.29, 0.717) is 11.3 Å². The lowest BCUT2D eigenvalue weighted by Gasteiger charge is -2.09. The fourth-order valence-corrected chi connectivity index (χ4v) is 1.09. The molecule has 4 nitrogen and oxygen atoms in total.